The molecule has 0 aromatic rings. The molecule has 0 spiro atoms. The molecule has 0 N–H and O–H groups in total. The lowest BCUT2D eigenvalue weighted by molar-refractivity contribution is 0.118. The second-order valence-corrected chi connectivity index (χ2v) is 14.2. The van der Waals surface area contributed by atoms with Gasteiger partial charge in [-0.15, -0.1) is 0 Å². The minimum atomic E-state index is 0.185. The van der Waals surface area contributed by atoms with Gasteiger partial charge in [0.15, 0.2) is 0 Å². The van der Waals surface area contributed by atoms with Crippen LogP contribution in [0.2, 0.25) is 0 Å². The van der Waals surface area contributed by atoms with Crippen molar-refractivity contribution in [3.8, 4) is 0 Å². The monoisotopic (exact) mass is 611 g/mol. The van der Waals surface area contributed by atoms with Crippen molar-refractivity contribution in [1.29, 1.82) is 0 Å². The van der Waals surface area contributed by atoms with E-state index in [1.165, 1.54) is 154 Å². The SMILES string of the molecule is CCCCC/C=C\C/C=C\CCCCCCCCC(CCCCCCCC/C=C\C/C=C\CCCCC)O/C=C/C(C)(C)C. The molecule has 0 aliphatic rings. The average Bonchev–Trinajstić information content (AvgIpc) is 2.99. The number of unbranched alkanes of at least 4 members (excludes halogenated alkanes) is 18. The van der Waals surface area contributed by atoms with E-state index in [0.29, 0.717) is 6.10 Å². The first-order valence-electron chi connectivity index (χ1n) is 19.4. The van der Waals surface area contributed by atoms with Gasteiger partial charge in [-0.3, -0.25) is 0 Å². The summed E-state index contributed by atoms with van der Waals surface area (Å²) in [6.45, 7) is 11.3. The van der Waals surface area contributed by atoms with Gasteiger partial charge in [-0.1, -0.05) is 160 Å². The maximum Gasteiger partial charge on any atom is 0.0978 e. The topological polar surface area (TPSA) is 9.23 Å². The summed E-state index contributed by atoms with van der Waals surface area (Å²) in [5, 5.41) is 0. The zero-order valence-electron chi connectivity index (χ0n) is 30.6. The molecule has 0 saturated heterocycles. The van der Waals surface area contributed by atoms with Gasteiger partial charge in [0, 0.05) is 0 Å². The summed E-state index contributed by atoms with van der Waals surface area (Å²) in [7, 11) is 0. The summed E-state index contributed by atoms with van der Waals surface area (Å²) >= 11 is 0. The van der Waals surface area contributed by atoms with E-state index in [2.05, 4.69) is 89.3 Å². The highest BCUT2D eigenvalue weighted by atomic mass is 16.5. The molecule has 0 aliphatic heterocycles. The Morgan fingerprint density at radius 3 is 1.14 bits per heavy atom. The van der Waals surface area contributed by atoms with Crippen LogP contribution in [-0.4, -0.2) is 6.10 Å². The number of ether oxygens (including phenoxy) is 1. The summed E-state index contributed by atoms with van der Waals surface area (Å²) in [4.78, 5) is 0. The summed E-state index contributed by atoms with van der Waals surface area (Å²) in [5.74, 6) is 0. The summed E-state index contributed by atoms with van der Waals surface area (Å²) in [6, 6.07) is 0. The zero-order valence-corrected chi connectivity index (χ0v) is 30.6. The Hall–Kier alpha value is -1.50. The number of allylic oxidation sites excluding steroid dienone is 9. The molecule has 256 valence electrons. The van der Waals surface area contributed by atoms with Gasteiger partial charge in [-0.05, 0) is 101 Å². The molecular weight excluding hydrogens is 532 g/mol. The first kappa shape index (κ1) is 42.5. The lowest BCUT2D eigenvalue weighted by atomic mass is 9.97. The predicted octanol–water partition coefficient (Wildman–Crippen LogP) is 15.3. The maximum absolute atomic E-state index is 6.26. The second-order valence-electron chi connectivity index (χ2n) is 14.2. The third kappa shape index (κ3) is 36.7. The van der Waals surface area contributed by atoms with Crippen LogP contribution in [0.15, 0.2) is 60.9 Å². The van der Waals surface area contributed by atoms with Crippen LogP contribution in [0, 0.1) is 5.41 Å². The third-order valence-electron chi connectivity index (χ3n) is 8.29. The molecule has 0 atom stereocenters. The predicted molar refractivity (Wildman–Crippen MR) is 201 cm³/mol. The van der Waals surface area contributed by atoms with Crippen molar-refractivity contribution in [3.63, 3.8) is 0 Å². The Balaban J connectivity index is 3.90. The minimum Gasteiger partial charge on any atom is -0.498 e. The smallest absolute Gasteiger partial charge is 0.0978 e. The van der Waals surface area contributed by atoms with Crippen molar-refractivity contribution < 1.29 is 4.74 Å². The van der Waals surface area contributed by atoms with Gasteiger partial charge >= 0.3 is 0 Å². The third-order valence-corrected chi connectivity index (χ3v) is 8.29. The molecule has 44 heavy (non-hydrogen) atoms. The molecule has 0 bridgehead atoms. The normalized spacial score (nSPS) is 13.0. The molecule has 0 radical (unpaired) electrons. The summed E-state index contributed by atoms with van der Waals surface area (Å²) < 4.78 is 6.26. The van der Waals surface area contributed by atoms with Gasteiger partial charge in [0.25, 0.3) is 0 Å². The largest absolute Gasteiger partial charge is 0.498 e. The van der Waals surface area contributed by atoms with Gasteiger partial charge in [0.1, 0.15) is 0 Å². The van der Waals surface area contributed by atoms with E-state index in [1.807, 2.05) is 6.26 Å². The molecular formula is C43H78O. The van der Waals surface area contributed by atoms with Crippen molar-refractivity contribution in [3.05, 3.63) is 60.9 Å². The van der Waals surface area contributed by atoms with Crippen LogP contribution in [0.1, 0.15) is 202 Å². The van der Waals surface area contributed by atoms with Gasteiger partial charge in [0.2, 0.25) is 0 Å². The van der Waals surface area contributed by atoms with Crippen LogP contribution >= 0.6 is 0 Å². The summed E-state index contributed by atoms with van der Waals surface area (Å²) in [6.07, 6.45) is 57.4. The highest BCUT2D eigenvalue weighted by Gasteiger charge is 2.10. The van der Waals surface area contributed by atoms with E-state index in [1.54, 1.807) is 0 Å². The molecule has 0 aromatic carbocycles. The van der Waals surface area contributed by atoms with E-state index >= 15 is 0 Å². The number of hydrogen-bond donors (Lipinski definition) is 0. The molecule has 0 saturated carbocycles. The average molecular weight is 611 g/mol. The lowest BCUT2D eigenvalue weighted by Crippen LogP contribution is -2.11. The van der Waals surface area contributed by atoms with Crippen LogP contribution in [0.5, 0.6) is 0 Å². The van der Waals surface area contributed by atoms with E-state index < -0.39 is 0 Å². The van der Waals surface area contributed by atoms with Gasteiger partial charge in [-0.25, -0.2) is 0 Å². The molecule has 0 rings (SSSR count). The Morgan fingerprint density at radius 2 is 0.773 bits per heavy atom. The highest BCUT2D eigenvalue weighted by molar-refractivity contribution is 4.93. The first-order chi connectivity index (χ1) is 21.5. The number of hydrogen-bond acceptors (Lipinski definition) is 1. The summed E-state index contributed by atoms with van der Waals surface area (Å²) in [5.41, 5.74) is 0.185. The van der Waals surface area contributed by atoms with Crippen molar-refractivity contribution >= 4 is 0 Å². The van der Waals surface area contributed by atoms with Crippen LogP contribution in [0.3, 0.4) is 0 Å². The highest BCUT2D eigenvalue weighted by Crippen LogP contribution is 2.20. The Kier molecular flexibility index (Phi) is 33.2. The zero-order chi connectivity index (χ0) is 32.2. The van der Waals surface area contributed by atoms with Crippen molar-refractivity contribution in [2.24, 2.45) is 5.41 Å². The van der Waals surface area contributed by atoms with Gasteiger partial charge in [0.05, 0.1) is 12.4 Å². The molecule has 1 nitrogen and oxygen atoms in total. The first-order valence-corrected chi connectivity index (χ1v) is 19.4. The van der Waals surface area contributed by atoms with Gasteiger partial charge in [-0.2, -0.15) is 0 Å². The lowest BCUT2D eigenvalue weighted by Gasteiger charge is -2.18. The second kappa shape index (κ2) is 34.4. The standard InChI is InChI=1S/C43H78O/c1-6-8-10-12-14-16-18-20-22-24-26-28-30-32-34-36-38-42(44-41-40-43(3,4)5)39-37-35-33-31-29-27-25-23-21-19-17-15-13-11-9-7-2/h14-17,20-23,40-42H,6-13,18-19,24-39H2,1-5H3/b16-14-,17-15-,22-20-,23-21-,41-40+. The Morgan fingerprint density at radius 1 is 0.432 bits per heavy atom. The van der Waals surface area contributed by atoms with Crippen molar-refractivity contribution in [2.45, 2.75) is 208 Å². The Bertz CT molecular complexity index is 653. The number of rotatable bonds is 32. The minimum absolute atomic E-state index is 0.185. The maximum atomic E-state index is 6.26. The van der Waals surface area contributed by atoms with E-state index in [9.17, 15) is 0 Å². The van der Waals surface area contributed by atoms with Crippen molar-refractivity contribution in [1.82, 2.24) is 0 Å². The molecule has 0 aliphatic carbocycles. The van der Waals surface area contributed by atoms with Crippen LogP contribution in [0.25, 0.3) is 0 Å². The quantitative estimate of drug-likeness (QED) is 0.0418. The van der Waals surface area contributed by atoms with E-state index in [0.717, 1.165) is 12.8 Å². The Labute approximate surface area is 278 Å². The molecule has 0 amide bonds. The fourth-order valence-electron chi connectivity index (χ4n) is 5.36. The van der Waals surface area contributed by atoms with Crippen LogP contribution < -0.4 is 0 Å². The molecule has 0 fully saturated rings. The fraction of sp³-hybridized carbons (Fsp3) is 0.767. The van der Waals surface area contributed by atoms with Gasteiger partial charge < -0.3 is 4.74 Å². The molecule has 1 heteroatoms. The molecule has 0 heterocycles. The van der Waals surface area contributed by atoms with Crippen LogP contribution in [-0.2, 0) is 4.74 Å². The van der Waals surface area contributed by atoms with Crippen molar-refractivity contribution in [2.75, 3.05) is 0 Å². The van der Waals surface area contributed by atoms with E-state index in [-0.39, 0.29) is 5.41 Å². The molecule has 0 aromatic heterocycles. The fourth-order valence-corrected chi connectivity index (χ4v) is 5.36. The molecule has 0 unspecified atom stereocenters. The van der Waals surface area contributed by atoms with Crippen LogP contribution in [0.4, 0.5) is 0 Å². The van der Waals surface area contributed by atoms with E-state index in [4.69, 9.17) is 4.74 Å².